The summed E-state index contributed by atoms with van der Waals surface area (Å²) >= 11 is 0. The molecule has 0 saturated carbocycles. The van der Waals surface area contributed by atoms with E-state index in [9.17, 15) is 0 Å². The standard InChI is InChI=1S/C15H18N2O2/c1-10(2)19-15-7-12-11(6-14(15)18-3)4-5-17-9-16-8-13(12)17/h6-10H,4-5H2,1-3H3. The lowest BCUT2D eigenvalue weighted by Crippen LogP contribution is -2.12. The van der Waals surface area contributed by atoms with E-state index >= 15 is 0 Å². The molecule has 4 heteroatoms. The summed E-state index contributed by atoms with van der Waals surface area (Å²) in [5.41, 5.74) is 3.64. The zero-order valence-corrected chi connectivity index (χ0v) is 11.5. The monoisotopic (exact) mass is 258 g/mol. The molecular formula is C15H18N2O2. The molecule has 0 aliphatic carbocycles. The van der Waals surface area contributed by atoms with Crippen molar-refractivity contribution in [1.82, 2.24) is 9.55 Å². The Kier molecular flexibility index (Phi) is 2.93. The van der Waals surface area contributed by atoms with Crippen LogP contribution in [0.1, 0.15) is 19.4 Å². The Bertz CT molecular complexity index is 602. The first-order chi connectivity index (χ1) is 9.19. The van der Waals surface area contributed by atoms with Gasteiger partial charge in [0.25, 0.3) is 0 Å². The van der Waals surface area contributed by atoms with Crippen LogP contribution in [0.2, 0.25) is 0 Å². The van der Waals surface area contributed by atoms with Crippen molar-refractivity contribution >= 4 is 0 Å². The molecule has 0 unspecified atom stereocenters. The summed E-state index contributed by atoms with van der Waals surface area (Å²) in [4.78, 5) is 4.23. The third-order valence-electron chi connectivity index (χ3n) is 3.36. The molecule has 3 rings (SSSR count). The zero-order valence-electron chi connectivity index (χ0n) is 11.5. The average molecular weight is 258 g/mol. The molecule has 100 valence electrons. The van der Waals surface area contributed by atoms with Crippen LogP contribution in [0.4, 0.5) is 0 Å². The minimum absolute atomic E-state index is 0.125. The number of hydrogen-bond acceptors (Lipinski definition) is 3. The second-order valence-electron chi connectivity index (χ2n) is 5.05. The summed E-state index contributed by atoms with van der Waals surface area (Å²) in [6.45, 7) is 5.00. The number of methoxy groups -OCH3 is 1. The van der Waals surface area contributed by atoms with E-state index in [1.54, 1.807) is 7.11 Å². The van der Waals surface area contributed by atoms with E-state index in [-0.39, 0.29) is 6.10 Å². The zero-order chi connectivity index (χ0) is 13.4. The first kappa shape index (κ1) is 12.1. The molecule has 0 spiro atoms. The van der Waals surface area contributed by atoms with Gasteiger partial charge >= 0.3 is 0 Å². The fourth-order valence-corrected chi connectivity index (χ4v) is 2.52. The second kappa shape index (κ2) is 4.61. The number of imidazole rings is 1. The maximum absolute atomic E-state index is 5.84. The van der Waals surface area contributed by atoms with E-state index < -0.39 is 0 Å². The van der Waals surface area contributed by atoms with Crippen LogP contribution >= 0.6 is 0 Å². The molecule has 4 nitrogen and oxygen atoms in total. The highest BCUT2D eigenvalue weighted by Crippen LogP contribution is 2.38. The van der Waals surface area contributed by atoms with Gasteiger partial charge in [-0.15, -0.1) is 0 Å². The molecule has 1 aromatic heterocycles. The van der Waals surface area contributed by atoms with Gasteiger partial charge in [0.15, 0.2) is 11.5 Å². The van der Waals surface area contributed by atoms with Gasteiger partial charge < -0.3 is 14.0 Å². The highest BCUT2D eigenvalue weighted by atomic mass is 16.5. The van der Waals surface area contributed by atoms with Crippen molar-refractivity contribution in [3.05, 3.63) is 30.2 Å². The van der Waals surface area contributed by atoms with Crippen LogP contribution in [0.15, 0.2) is 24.7 Å². The fraction of sp³-hybridized carbons (Fsp3) is 0.400. The predicted octanol–water partition coefficient (Wildman–Crippen LogP) is 2.90. The van der Waals surface area contributed by atoms with Gasteiger partial charge in [-0.1, -0.05) is 0 Å². The number of nitrogens with zero attached hydrogens (tertiary/aromatic N) is 2. The van der Waals surface area contributed by atoms with Crippen LogP contribution in [0.25, 0.3) is 11.3 Å². The third kappa shape index (κ3) is 2.07. The average Bonchev–Trinajstić information content (AvgIpc) is 2.86. The largest absolute Gasteiger partial charge is 0.493 e. The fourth-order valence-electron chi connectivity index (χ4n) is 2.52. The molecule has 0 N–H and O–H groups in total. The Labute approximate surface area is 113 Å². The first-order valence-corrected chi connectivity index (χ1v) is 6.57. The quantitative estimate of drug-likeness (QED) is 0.849. The summed E-state index contributed by atoms with van der Waals surface area (Å²) < 4.78 is 13.4. The number of benzene rings is 1. The molecule has 0 amide bonds. The molecule has 0 fully saturated rings. The van der Waals surface area contributed by atoms with Crippen molar-refractivity contribution in [3.63, 3.8) is 0 Å². The van der Waals surface area contributed by atoms with Crippen molar-refractivity contribution in [3.8, 4) is 22.8 Å². The molecule has 0 saturated heterocycles. The van der Waals surface area contributed by atoms with Crippen molar-refractivity contribution in [1.29, 1.82) is 0 Å². The van der Waals surface area contributed by atoms with Crippen LogP contribution in [-0.4, -0.2) is 22.8 Å². The molecule has 0 bridgehead atoms. The SMILES string of the molecule is COc1cc2c(cc1OC(C)C)-c1cncn1CC2. The van der Waals surface area contributed by atoms with Gasteiger partial charge in [0.1, 0.15) is 0 Å². The van der Waals surface area contributed by atoms with Gasteiger partial charge in [0.2, 0.25) is 0 Å². The second-order valence-corrected chi connectivity index (χ2v) is 5.05. The van der Waals surface area contributed by atoms with Crippen molar-refractivity contribution in [2.45, 2.75) is 32.9 Å². The molecule has 1 aliphatic rings. The molecule has 1 aromatic carbocycles. The minimum atomic E-state index is 0.125. The third-order valence-corrected chi connectivity index (χ3v) is 3.36. The summed E-state index contributed by atoms with van der Waals surface area (Å²) in [5, 5.41) is 0. The lowest BCUT2D eigenvalue weighted by molar-refractivity contribution is 0.230. The molecule has 0 atom stereocenters. The highest BCUT2D eigenvalue weighted by molar-refractivity contribution is 5.69. The Hall–Kier alpha value is -1.97. The Morgan fingerprint density at radius 3 is 2.84 bits per heavy atom. The Morgan fingerprint density at radius 2 is 2.11 bits per heavy atom. The van der Waals surface area contributed by atoms with Crippen LogP contribution in [-0.2, 0) is 13.0 Å². The van der Waals surface area contributed by atoms with E-state index in [0.717, 1.165) is 30.2 Å². The number of aromatic nitrogens is 2. The number of rotatable bonds is 3. The highest BCUT2D eigenvalue weighted by Gasteiger charge is 2.20. The summed E-state index contributed by atoms with van der Waals surface area (Å²) in [6.07, 6.45) is 4.91. The Morgan fingerprint density at radius 1 is 1.26 bits per heavy atom. The molecule has 2 aromatic rings. The van der Waals surface area contributed by atoms with E-state index in [0.29, 0.717) is 0 Å². The van der Waals surface area contributed by atoms with E-state index in [4.69, 9.17) is 9.47 Å². The molecule has 1 aliphatic heterocycles. The van der Waals surface area contributed by atoms with Crippen LogP contribution < -0.4 is 9.47 Å². The van der Waals surface area contributed by atoms with E-state index in [1.165, 1.54) is 11.1 Å². The lowest BCUT2D eigenvalue weighted by atomic mass is 9.98. The summed E-state index contributed by atoms with van der Waals surface area (Å²) in [6, 6.07) is 4.16. The van der Waals surface area contributed by atoms with Crippen molar-refractivity contribution in [2.75, 3.05) is 7.11 Å². The van der Waals surface area contributed by atoms with Gasteiger partial charge in [-0.05, 0) is 38.0 Å². The van der Waals surface area contributed by atoms with Crippen LogP contribution in [0, 0.1) is 0 Å². The first-order valence-electron chi connectivity index (χ1n) is 6.57. The number of ether oxygens (including phenoxy) is 2. The van der Waals surface area contributed by atoms with Gasteiger partial charge in [-0.25, -0.2) is 4.98 Å². The molecule has 0 radical (unpaired) electrons. The predicted molar refractivity (Wildman–Crippen MR) is 73.7 cm³/mol. The topological polar surface area (TPSA) is 36.3 Å². The maximum Gasteiger partial charge on any atom is 0.162 e. The van der Waals surface area contributed by atoms with Gasteiger partial charge in [0.05, 0.1) is 31.4 Å². The number of aryl methyl sites for hydroxylation is 2. The molecule has 19 heavy (non-hydrogen) atoms. The molecule has 2 heterocycles. The normalized spacial score (nSPS) is 13.1. The van der Waals surface area contributed by atoms with Crippen molar-refractivity contribution in [2.24, 2.45) is 0 Å². The summed E-state index contributed by atoms with van der Waals surface area (Å²) in [7, 11) is 1.68. The number of fused-ring (bicyclic) bond motifs is 3. The Balaban J connectivity index is 2.12. The van der Waals surface area contributed by atoms with Gasteiger partial charge in [-0.2, -0.15) is 0 Å². The van der Waals surface area contributed by atoms with Gasteiger partial charge in [0, 0.05) is 12.1 Å². The smallest absolute Gasteiger partial charge is 0.162 e. The van der Waals surface area contributed by atoms with Crippen LogP contribution in [0.3, 0.4) is 0 Å². The number of hydrogen-bond donors (Lipinski definition) is 0. The van der Waals surface area contributed by atoms with Gasteiger partial charge in [-0.3, -0.25) is 0 Å². The minimum Gasteiger partial charge on any atom is -0.493 e. The summed E-state index contributed by atoms with van der Waals surface area (Å²) in [5.74, 6) is 1.60. The van der Waals surface area contributed by atoms with Crippen molar-refractivity contribution < 1.29 is 9.47 Å². The van der Waals surface area contributed by atoms with E-state index in [2.05, 4.69) is 21.7 Å². The lowest BCUT2D eigenvalue weighted by Gasteiger charge is -2.22. The molecular weight excluding hydrogens is 240 g/mol. The maximum atomic E-state index is 5.84. The van der Waals surface area contributed by atoms with E-state index in [1.807, 2.05) is 26.4 Å². The van der Waals surface area contributed by atoms with Crippen LogP contribution in [0.5, 0.6) is 11.5 Å².